The average molecular weight is 469 g/mol. The number of rotatable bonds is 9. The Morgan fingerprint density at radius 2 is 1.71 bits per heavy atom. The van der Waals surface area contributed by atoms with Crippen molar-refractivity contribution in [3.8, 4) is 11.8 Å². The maximum atomic E-state index is 12.8. The van der Waals surface area contributed by atoms with Gasteiger partial charge in [0, 0.05) is 16.7 Å². The maximum absolute atomic E-state index is 12.8. The molecule has 0 heterocycles. The van der Waals surface area contributed by atoms with Gasteiger partial charge >= 0.3 is 0 Å². The third kappa shape index (κ3) is 7.02. The predicted octanol–water partition coefficient (Wildman–Crippen LogP) is 4.35. The SMILES string of the molecule is Cc1ccc(C(=O)NC(C(=O)N/N=C/c2ccccc2OCc2ccccc2C#N)C(C)C)cc1. The number of aryl methyl sites for hydroxylation is 1. The highest BCUT2D eigenvalue weighted by Gasteiger charge is 2.24. The molecule has 3 aromatic carbocycles. The second kappa shape index (κ2) is 12.1. The van der Waals surface area contributed by atoms with Crippen LogP contribution in [0.25, 0.3) is 0 Å². The van der Waals surface area contributed by atoms with Crippen molar-refractivity contribution in [1.82, 2.24) is 10.7 Å². The maximum Gasteiger partial charge on any atom is 0.262 e. The van der Waals surface area contributed by atoms with Crippen LogP contribution in [0.2, 0.25) is 0 Å². The molecule has 3 rings (SSSR count). The number of ether oxygens (including phenoxy) is 1. The lowest BCUT2D eigenvalue weighted by Crippen LogP contribution is -2.48. The van der Waals surface area contributed by atoms with Crippen molar-refractivity contribution < 1.29 is 14.3 Å². The first-order valence-corrected chi connectivity index (χ1v) is 11.3. The van der Waals surface area contributed by atoms with E-state index in [0.717, 1.165) is 11.1 Å². The van der Waals surface area contributed by atoms with Crippen molar-refractivity contribution in [3.63, 3.8) is 0 Å². The lowest BCUT2D eigenvalue weighted by atomic mass is 10.0. The van der Waals surface area contributed by atoms with Crippen LogP contribution in [0.3, 0.4) is 0 Å². The normalized spacial score (nSPS) is 11.6. The molecule has 0 aliphatic carbocycles. The number of hydrazone groups is 1. The summed E-state index contributed by atoms with van der Waals surface area (Å²) in [6, 6.07) is 23.0. The number of benzene rings is 3. The molecule has 0 saturated heterocycles. The van der Waals surface area contributed by atoms with Gasteiger partial charge in [-0.05, 0) is 43.2 Å². The Bertz CT molecular complexity index is 1240. The van der Waals surface area contributed by atoms with E-state index in [-0.39, 0.29) is 18.4 Å². The largest absolute Gasteiger partial charge is 0.488 e. The zero-order valence-electron chi connectivity index (χ0n) is 20.0. The summed E-state index contributed by atoms with van der Waals surface area (Å²) in [6.07, 6.45) is 1.49. The summed E-state index contributed by atoms with van der Waals surface area (Å²) >= 11 is 0. The zero-order chi connectivity index (χ0) is 25.2. The van der Waals surface area contributed by atoms with Crippen LogP contribution in [-0.4, -0.2) is 24.1 Å². The summed E-state index contributed by atoms with van der Waals surface area (Å²) in [5.41, 5.74) is 6.04. The van der Waals surface area contributed by atoms with Crippen molar-refractivity contribution in [2.24, 2.45) is 11.0 Å². The third-order valence-electron chi connectivity index (χ3n) is 5.37. The van der Waals surface area contributed by atoms with E-state index in [1.165, 1.54) is 6.21 Å². The number of carbonyl (C=O) groups is 2. The number of nitrogens with one attached hydrogen (secondary N) is 2. The Labute approximate surface area is 205 Å². The number of para-hydroxylation sites is 1. The fourth-order valence-corrected chi connectivity index (χ4v) is 3.33. The molecule has 3 aromatic rings. The smallest absolute Gasteiger partial charge is 0.262 e. The third-order valence-corrected chi connectivity index (χ3v) is 5.37. The number of hydrogen-bond donors (Lipinski definition) is 2. The van der Waals surface area contributed by atoms with Gasteiger partial charge in [-0.1, -0.05) is 61.9 Å². The van der Waals surface area contributed by atoms with Crippen LogP contribution in [0, 0.1) is 24.2 Å². The van der Waals surface area contributed by atoms with E-state index in [4.69, 9.17) is 4.74 Å². The lowest BCUT2D eigenvalue weighted by Gasteiger charge is -2.20. The predicted molar refractivity (Wildman–Crippen MR) is 135 cm³/mol. The van der Waals surface area contributed by atoms with Crippen LogP contribution in [0.1, 0.15) is 46.5 Å². The van der Waals surface area contributed by atoms with E-state index < -0.39 is 11.9 Å². The molecular formula is C28H28N4O3. The summed E-state index contributed by atoms with van der Waals surface area (Å²) in [7, 11) is 0. The van der Waals surface area contributed by atoms with Gasteiger partial charge in [-0.25, -0.2) is 5.43 Å². The molecule has 2 N–H and O–H groups in total. The van der Waals surface area contributed by atoms with E-state index in [2.05, 4.69) is 21.9 Å². The summed E-state index contributed by atoms with van der Waals surface area (Å²) in [5, 5.41) is 16.1. The number of nitriles is 1. The molecule has 0 spiro atoms. The standard InChI is InChI=1S/C28H28N4O3/c1-19(2)26(31-27(33)21-14-12-20(3)13-15-21)28(34)32-30-17-23-9-6-7-11-25(23)35-18-24-10-5-4-8-22(24)16-29/h4-15,17,19,26H,18H2,1-3H3,(H,31,33)(H,32,34)/b30-17+. The van der Waals surface area contributed by atoms with E-state index in [1.807, 2.05) is 57.2 Å². The second-order valence-electron chi connectivity index (χ2n) is 8.39. The fraction of sp³-hybridized carbons (Fsp3) is 0.214. The molecule has 7 nitrogen and oxygen atoms in total. The molecule has 1 atom stereocenters. The summed E-state index contributed by atoms with van der Waals surface area (Å²) in [6.45, 7) is 5.87. The van der Waals surface area contributed by atoms with Gasteiger partial charge < -0.3 is 10.1 Å². The van der Waals surface area contributed by atoms with Gasteiger partial charge in [0.2, 0.25) is 0 Å². The number of amides is 2. The quantitative estimate of drug-likeness (QED) is 0.360. The Balaban J connectivity index is 1.64. The number of hydrogen-bond acceptors (Lipinski definition) is 5. The molecule has 0 aliphatic rings. The highest BCUT2D eigenvalue weighted by molar-refractivity contribution is 5.97. The Morgan fingerprint density at radius 3 is 2.43 bits per heavy atom. The molecule has 0 saturated carbocycles. The van der Waals surface area contributed by atoms with Crippen LogP contribution in [-0.2, 0) is 11.4 Å². The van der Waals surface area contributed by atoms with Gasteiger partial charge in [-0.15, -0.1) is 0 Å². The monoisotopic (exact) mass is 468 g/mol. The molecule has 0 aliphatic heterocycles. The first kappa shape index (κ1) is 25.2. The van der Waals surface area contributed by atoms with Crippen molar-refractivity contribution in [3.05, 3.63) is 101 Å². The second-order valence-corrected chi connectivity index (χ2v) is 8.39. The van der Waals surface area contributed by atoms with Gasteiger partial charge in [0.05, 0.1) is 17.8 Å². The average Bonchev–Trinajstić information content (AvgIpc) is 2.86. The van der Waals surface area contributed by atoms with Crippen molar-refractivity contribution in [2.75, 3.05) is 0 Å². The van der Waals surface area contributed by atoms with Gasteiger partial charge in [0.25, 0.3) is 11.8 Å². The van der Waals surface area contributed by atoms with E-state index in [1.54, 1.807) is 36.4 Å². The van der Waals surface area contributed by atoms with E-state index in [0.29, 0.717) is 22.4 Å². The highest BCUT2D eigenvalue weighted by Crippen LogP contribution is 2.19. The van der Waals surface area contributed by atoms with E-state index in [9.17, 15) is 14.9 Å². The van der Waals surface area contributed by atoms with Crippen molar-refractivity contribution in [2.45, 2.75) is 33.4 Å². The topological polar surface area (TPSA) is 104 Å². The number of nitrogens with zero attached hydrogens (tertiary/aromatic N) is 2. The molecule has 178 valence electrons. The molecule has 1 unspecified atom stereocenters. The van der Waals surface area contributed by atoms with Gasteiger partial charge in [0.15, 0.2) is 0 Å². The minimum atomic E-state index is -0.755. The first-order valence-electron chi connectivity index (χ1n) is 11.3. The molecule has 0 aromatic heterocycles. The molecule has 2 amide bonds. The van der Waals surface area contributed by atoms with Gasteiger partial charge in [-0.2, -0.15) is 10.4 Å². The van der Waals surface area contributed by atoms with Gasteiger partial charge in [0.1, 0.15) is 18.4 Å². The number of carbonyl (C=O) groups excluding carboxylic acids is 2. The molecule has 35 heavy (non-hydrogen) atoms. The summed E-state index contributed by atoms with van der Waals surface area (Å²) in [4.78, 5) is 25.3. The molecular weight excluding hydrogens is 440 g/mol. The van der Waals surface area contributed by atoms with Crippen LogP contribution >= 0.6 is 0 Å². The fourth-order valence-electron chi connectivity index (χ4n) is 3.33. The highest BCUT2D eigenvalue weighted by atomic mass is 16.5. The zero-order valence-corrected chi connectivity index (χ0v) is 20.0. The summed E-state index contributed by atoms with van der Waals surface area (Å²) < 4.78 is 5.91. The van der Waals surface area contributed by atoms with Gasteiger partial charge in [-0.3, -0.25) is 9.59 Å². The Morgan fingerprint density at radius 1 is 1.03 bits per heavy atom. The summed E-state index contributed by atoms with van der Waals surface area (Å²) in [5.74, 6) is -0.320. The van der Waals surface area contributed by atoms with E-state index >= 15 is 0 Å². The Kier molecular flexibility index (Phi) is 8.74. The minimum absolute atomic E-state index is 0.143. The molecule has 0 bridgehead atoms. The minimum Gasteiger partial charge on any atom is -0.488 e. The van der Waals surface area contributed by atoms with Crippen molar-refractivity contribution >= 4 is 18.0 Å². The van der Waals surface area contributed by atoms with Crippen LogP contribution < -0.4 is 15.5 Å². The molecule has 7 heteroatoms. The van der Waals surface area contributed by atoms with Crippen molar-refractivity contribution in [1.29, 1.82) is 5.26 Å². The van der Waals surface area contributed by atoms with Crippen LogP contribution in [0.4, 0.5) is 0 Å². The van der Waals surface area contributed by atoms with Crippen LogP contribution in [0.15, 0.2) is 77.9 Å². The lowest BCUT2D eigenvalue weighted by molar-refractivity contribution is -0.123. The Hall–Kier alpha value is -4.44. The molecule has 0 radical (unpaired) electrons. The molecule has 0 fully saturated rings. The first-order chi connectivity index (χ1) is 16.9. The van der Waals surface area contributed by atoms with Crippen LogP contribution in [0.5, 0.6) is 5.75 Å².